The van der Waals surface area contributed by atoms with Gasteiger partial charge in [0.2, 0.25) is 11.8 Å². The second-order valence-corrected chi connectivity index (χ2v) is 5.76. The molecule has 6 nitrogen and oxygen atoms in total. The average Bonchev–Trinajstić information content (AvgIpc) is 2.90. The van der Waals surface area contributed by atoms with E-state index >= 15 is 0 Å². The van der Waals surface area contributed by atoms with Gasteiger partial charge in [-0.1, -0.05) is 0 Å². The molecular formula is C11H16N2O4S. The molecule has 2 heterocycles. The van der Waals surface area contributed by atoms with E-state index in [2.05, 4.69) is 5.32 Å². The van der Waals surface area contributed by atoms with Crippen LogP contribution in [0.25, 0.3) is 0 Å². The molecule has 0 saturated carbocycles. The van der Waals surface area contributed by atoms with Crippen LogP contribution in [0, 0.1) is 0 Å². The van der Waals surface area contributed by atoms with Crippen molar-refractivity contribution in [2.24, 2.45) is 0 Å². The summed E-state index contributed by atoms with van der Waals surface area (Å²) in [6.07, 6.45) is 1.69. The number of nitrogens with one attached hydrogen (secondary N) is 1. The fourth-order valence-electron chi connectivity index (χ4n) is 2.24. The second kappa shape index (κ2) is 5.17. The standard InChI is InChI=1S/C11H16N2O4S/c14-8(6-13-4-1-2-9(13)15)12-11(10(16)17)3-5-18-7-11/h1-7H2,(H,12,14)(H,16,17). The molecule has 100 valence electrons. The highest BCUT2D eigenvalue weighted by Gasteiger charge is 2.43. The molecule has 0 aromatic rings. The van der Waals surface area contributed by atoms with E-state index in [-0.39, 0.29) is 18.4 Å². The van der Waals surface area contributed by atoms with Crippen molar-refractivity contribution < 1.29 is 19.5 Å². The number of carbonyl (C=O) groups excluding carboxylic acids is 2. The minimum Gasteiger partial charge on any atom is -0.479 e. The number of hydrogen-bond acceptors (Lipinski definition) is 4. The molecule has 2 N–H and O–H groups in total. The summed E-state index contributed by atoms with van der Waals surface area (Å²) in [7, 11) is 0. The molecule has 18 heavy (non-hydrogen) atoms. The van der Waals surface area contributed by atoms with Gasteiger partial charge in [-0.15, -0.1) is 0 Å². The monoisotopic (exact) mass is 272 g/mol. The normalized spacial score (nSPS) is 27.6. The molecule has 2 saturated heterocycles. The Morgan fingerprint density at radius 2 is 2.28 bits per heavy atom. The van der Waals surface area contributed by atoms with Gasteiger partial charge < -0.3 is 15.3 Å². The molecule has 1 unspecified atom stereocenters. The number of aliphatic carboxylic acids is 1. The first-order valence-corrected chi connectivity index (χ1v) is 7.09. The molecule has 0 aliphatic carbocycles. The smallest absolute Gasteiger partial charge is 0.330 e. The zero-order valence-electron chi connectivity index (χ0n) is 9.98. The van der Waals surface area contributed by atoms with Crippen LogP contribution >= 0.6 is 11.8 Å². The highest BCUT2D eigenvalue weighted by molar-refractivity contribution is 7.99. The third kappa shape index (κ3) is 2.60. The van der Waals surface area contributed by atoms with Gasteiger partial charge in [-0.2, -0.15) is 11.8 Å². The molecule has 0 spiro atoms. The lowest BCUT2D eigenvalue weighted by molar-refractivity contribution is -0.146. The number of rotatable bonds is 4. The van der Waals surface area contributed by atoms with Crippen molar-refractivity contribution in [1.82, 2.24) is 10.2 Å². The van der Waals surface area contributed by atoms with Crippen LogP contribution < -0.4 is 5.32 Å². The first-order chi connectivity index (χ1) is 8.53. The van der Waals surface area contributed by atoms with Crippen LogP contribution in [-0.2, 0) is 14.4 Å². The SMILES string of the molecule is O=C(CN1CCCC1=O)NC1(C(=O)O)CCSC1. The van der Waals surface area contributed by atoms with E-state index in [1.807, 2.05) is 0 Å². The number of amides is 2. The molecule has 0 radical (unpaired) electrons. The fourth-order valence-corrected chi connectivity index (χ4v) is 3.56. The number of carbonyl (C=O) groups is 3. The van der Waals surface area contributed by atoms with Crippen molar-refractivity contribution in [2.45, 2.75) is 24.8 Å². The summed E-state index contributed by atoms with van der Waals surface area (Å²) < 4.78 is 0. The van der Waals surface area contributed by atoms with Gasteiger partial charge in [0.1, 0.15) is 5.54 Å². The quantitative estimate of drug-likeness (QED) is 0.733. The van der Waals surface area contributed by atoms with Crippen LogP contribution in [0.1, 0.15) is 19.3 Å². The van der Waals surface area contributed by atoms with Gasteiger partial charge in [-0.05, 0) is 18.6 Å². The topological polar surface area (TPSA) is 86.7 Å². The van der Waals surface area contributed by atoms with Crippen LogP contribution in [0.4, 0.5) is 0 Å². The molecule has 0 aromatic carbocycles. The van der Waals surface area contributed by atoms with E-state index in [1.54, 1.807) is 0 Å². The van der Waals surface area contributed by atoms with Crippen molar-refractivity contribution in [3.05, 3.63) is 0 Å². The van der Waals surface area contributed by atoms with Crippen LogP contribution in [-0.4, -0.2) is 57.9 Å². The van der Waals surface area contributed by atoms with Gasteiger partial charge in [0.25, 0.3) is 0 Å². The largest absolute Gasteiger partial charge is 0.479 e. The summed E-state index contributed by atoms with van der Waals surface area (Å²) in [6, 6.07) is 0. The first-order valence-electron chi connectivity index (χ1n) is 5.93. The Morgan fingerprint density at radius 3 is 2.78 bits per heavy atom. The molecule has 2 amide bonds. The zero-order valence-corrected chi connectivity index (χ0v) is 10.8. The molecular weight excluding hydrogens is 256 g/mol. The van der Waals surface area contributed by atoms with E-state index in [0.717, 1.165) is 12.2 Å². The van der Waals surface area contributed by atoms with Gasteiger partial charge >= 0.3 is 5.97 Å². The zero-order chi connectivity index (χ0) is 13.2. The van der Waals surface area contributed by atoms with Crippen molar-refractivity contribution in [1.29, 1.82) is 0 Å². The first kappa shape index (κ1) is 13.2. The minimum absolute atomic E-state index is 0.0292. The number of carboxylic acid groups (broad SMARTS) is 1. The van der Waals surface area contributed by atoms with Gasteiger partial charge in [0.15, 0.2) is 0 Å². The third-order valence-electron chi connectivity index (χ3n) is 3.32. The maximum atomic E-state index is 11.8. The van der Waals surface area contributed by atoms with Crippen LogP contribution in [0.15, 0.2) is 0 Å². The van der Waals surface area contributed by atoms with E-state index in [0.29, 0.717) is 25.1 Å². The van der Waals surface area contributed by atoms with E-state index in [1.165, 1.54) is 16.7 Å². The molecule has 2 aliphatic heterocycles. The Kier molecular flexibility index (Phi) is 3.79. The Morgan fingerprint density at radius 1 is 1.50 bits per heavy atom. The predicted molar refractivity (Wildman–Crippen MR) is 66.3 cm³/mol. The Bertz CT molecular complexity index is 379. The van der Waals surface area contributed by atoms with Crippen LogP contribution in [0.2, 0.25) is 0 Å². The lowest BCUT2D eigenvalue weighted by Gasteiger charge is -2.26. The maximum absolute atomic E-state index is 11.8. The lowest BCUT2D eigenvalue weighted by atomic mass is 9.99. The average molecular weight is 272 g/mol. The predicted octanol–water partition coefficient (Wildman–Crippen LogP) is -0.315. The van der Waals surface area contributed by atoms with Gasteiger partial charge in [0.05, 0.1) is 6.54 Å². The number of hydrogen-bond donors (Lipinski definition) is 2. The minimum atomic E-state index is -1.15. The molecule has 2 fully saturated rings. The summed E-state index contributed by atoms with van der Waals surface area (Å²) in [5.41, 5.74) is -1.15. The highest BCUT2D eigenvalue weighted by atomic mass is 32.2. The number of carboxylic acids is 1. The summed E-state index contributed by atoms with van der Waals surface area (Å²) in [5, 5.41) is 11.8. The van der Waals surface area contributed by atoms with Crippen LogP contribution in [0.5, 0.6) is 0 Å². The number of thioether (sulfide) groups is 1. The Balaban J connectivity index is 1.93. The third-order valence-corrected chi connectivity index (χ3v) is 4.51. The van der Waals surface area contributed by atoms with Crippen LogP contribution in [0.3, 0.4) is 0 Å². The molecule has 2 rings (SSSR count). The van der Waals surface area contributed by atoms with Crippen molar-refractivity contribution in [3.63, 3.8) is 0 Å². The van der Waals surface area contributed by atoms with E-state index < -0.39 is 11.5 Å². The van der Waals surface area contributed by atoms with Crippen molar-refractivity contribution in [2.75, 3.05) is 24.6 Å². The number of likely N-dealkylation sites (tertiary alicyclic amines) is 1. The van der Waals surface area contributed by atoms with E-state index in [4.69, 9.17) is 0 Å². The second-order valence-electron chi connectivity index (χ2n) is 4.66. The molecule has 1 atom stereocenters. The van der Waals surface area contributed by atoms with Crippen molar-refractivity contribution in [3.8, 4) is 0 Å². The maximum Gasteiger partial charge on any atom is 0.330 e. The van der Waals surface area contributed by atoms with Gasteiger partial charge in [-0.25, -0.2) is 4.79 Å². The van der Waals surface area contributed by atoms with Gasteiger partial charge in [-0.3, -0.25) is 9.59 Å². The summed E-state index contributed by atoms with van der Waals surface area (Å²) in [5.74, 6) is -0.281. The molecule has 2 aliphatic rings. The van der Waals surface area contributed by atoms with Crippen molar-refractivity contribution >= 4 is 29.5 Å². The lowest BCUT2D eigenvalue weighted by Crippen LogP contribution is -2.56. The Hall–Kier alpha value is -1.24. The highest BCUT2D eigenvalue weighted by Crippen LogP contribution is 2.28. The molecule has 0 bridgehead atoms. The van der Waals surface area contributed by atoms with E-state index in [9.17, 15) is 19.5 Å². The number of nitrogens with zero attached hydrogens (tertiary/aromatic N) is 1. The Labute approximate surface area is 109 Å². The summed E-state index contributed by atoms with van der Waals surface area (Å²) in [6.45, 7) is 0.555. The van der Waals surface area contributed by atoms with Gasteiger partial charge in [0, 0.05) is 18.7 Å². The summed E-state index contributed by atoms with van der Waals surface area (Å²) in [4.78, 5) is 35.9. The molecule has 7 heteroatoms. The molecule has 0 aromatic heterocycles. The summed E-state index contributed by atoms with van der Waals surface area (Å²) >= 11 is 1.52. The fraction of sp³-hybridized carbons (Fsp3) is 0.727.